The lowest BCUT2D eigenvalue weighted by Crippen LogP contribution is -2.48. The Balaban J connectivity index is 1.76. The molecule has 0 atom stereocenters. The van der Waals surface area contributed by atoms with E-state index in [4.69, 9.17) is 17.0 Å². The van der Waals surface area contributed by atoms with E-state index in [1.54, 1.807) is 23.5 Å². The number of carbonyl (C=O) groups excluding carboxylic acids is 1. The van der Waals surface area contributed by atoms with E-state index >= 15 is 0 Å². The Morgan fingerprint density at radius 1 is 1.08 bits per heavy atom. The van der Waals surface area contributed by atoms with E-state index in [0.717, 1.165) is 37.3 Å². The summed E-state index contributed by atoms with van der Waals surface area (Å²) in [5.74, 6) is 0.632. The van der Waals surface area contributed by atoms with Crippen LogP contribution in [0, 0.1) is 18.3 Å². The first-order chi connectivity index (χ1) is 18.9. The van der Waals surface area contributed by atoms with Crippen molar-refractivity contribution in [3.8, 4) is 6.07 Å². The quantitative estimate of drug-likeness (QED) is 0.238. The summed E-state index contributed by atoms with van der Waals surface area (Å²) in [5.41, 5.74) is 2.37. The summed E-state index contributed by atoms with van der Waals surface area (Å²) >= 11 is 6.79. The lowest BCUT2D eigenvalue weighted by Gasteiger charge is -2.39. The molecular weight excluding hydrogens is 530 g/mol. The van der Waals surface area contributed by atoms with Crippen molar-refractivity contribution in [2.24, 2.45) is 0 Å². The topological polar surface area (TPSA) is 81.8 Å². The monoisotopic (exact) mass is 565 g/mol. The second-order valence-electron chi connectivity index (χ2n) is 9.65. The molecule has 2 fully saturated rings. The second kappa shape index (κ2) is 13.3. The van der Waals surface area contributed by atoms with Crippen LogP contribution in [-0.4, -0.2) is 66.1 Å². The van der Waals surface area contributed by atoms with Crippen LogP contribution in [0.3, 0.4) is 0 Å². The molecule has 0 bridgehead atoms. The molecule has 0 radical (unpaired) electrons. The lowest BCUT2D eigenvalue weighted by molar-refractivity contribution is -0.122. The zero-order chi connectivity index (χ0) is 27.9. The van der Waals surface area contributed by atoms with Gasteiger partial charge in [0.1, 0.15) is 21.8 Å². The summed E-state index contributed by atoms with van der Waals surface area (Å²) in [7, 11) is 1.63. The molecule has 0 N–H and O–H groups in total. The van der Waals surface area contributed by atoms with E-state index in [9.17, 15) is 14.9 Å². The summed E-state index contributed by atoms with van der Waals surface area (Å²) in [6.45, 7) is 8.45. The SMILES string of the molecule is CCCCn1c(N2CCN(c3ccccc3)CC2)c(/C=C2/SC(=S)N(CCCOC)C2=O)c(C)c(C#N)c1=O. The van der Waals surface area contributed by atoms with E-state index in [1.807, 2.05) is 24.3 Å². The highest BCUT2D eigenvalue weighted by atomic mass is 32.2. The van der Waals surface area contributed by atoms with Crippen molar-refractivity contribution in [3.05, 3.63) is 62.3 Å². The van der Waals surface area contributed by atoms with Crippen LogP contribution in [0.4, 0.5) is 11.5 Å². The molecule has 3 heterocycles. The van der Waals surface area contributed by atoms with Gasteiger partial charge in [-0.25, -0.2) is 0 Å². The fourth-order valence-electron chi connectivity index (χ4n) is 5.01. The number of ether oxygens (including phenoxy) is 1. The van der Waals surface area contributed by atoms with E-state index in [2.05, 4.69) is 34.9 Å². The van der Waals surface area contributed by atoms with E-state index in [0.29, 0.717) is 54.0 Å². The minimum absolute atomic E-state index is 0.125. The Labute approximate surface area is 239 Å². The van der Waals surface area contributed by atoms with Gasteiger partial charge in [-0.1, -0.05) is 55.5 Å². The molecule has 2 aliphatic rings. The molecular formula is C29H35N5O3S2. The number of hydrogen-bond donors (Lipinski definition) is 0. The first-order valence-electron chi connectivity index (χ1n) is 13.4. The largest absolute Gasteiger partial charge is 0.385 e. The maximum atomic E-state index is 13.6. The molecule has 10 heteroatoms. The maximum Gasteiger partial charge on any atom is 0.270 e. The Morgan fingerprint density at radius 3 is 2.41 bits per heavy atom. The third-order valence-corrected chi connectivity index (χ3v) is 8.54. The number of nitriles is 1. The summed E-state index contributed by atoms with van der Waals surface area (Å²) in [5, 5.41) is 9.94. The fourth-order valence-corrected chi connectivity index (χ4v) is 6.30. The van der Waals surface area contributed by atoms with Crippen LogP contribution in [0.1, 0.15) is 42.9 Å². The number of carbonyl (C=O) groups is 1. The number of thiocarbonyl (C=S) groups is 1. The van der Waals surface area contributed by atoms with Gasteiger partial charge >= 0.3 is 0 Å². The predicted octanol–water partition coefficient (Wildman–Crippen LogP) is 4.39. The second-order valence-corrected chi connectivity index (χ2v) is 11.3. The molecule has 4 rings (SSSR count). The van der Waals surface area contributed by atoms with Crippen molar-refractivity contribution in [1.29, 1.82) is 5.26 Å². The molecule has 39 heavy (non-hydrogen) atoms. The smallest absolute Gasteiger partial charge is 0.270 e. The van der Waals surface area contributed by atoms with Gasteiger partial charge in [-0.15, -0.1) is 0 Å². The van der Waals surface area contributed by atoms with Gasteiger partial charge in [-0.2, -0.15) is 5.26 Å². The number of piperazine rings is 1. The fraction of sp³-hybridized carbons (Fsp3) is 0.448. The van der Waals surface area contributed by atoms with Gasteiger partial charge in [-0.3, -0.25) is 19.1 Å². The number of methoxy groups -OCH3 is 1. The first kappa shape index (κ1) is 28.9. The standard InChI is InChI=1S/C29H35N5O3S2/c1-4-5-12-33-26(32-16-14-31(15-17-32)22-10-7-6-8-11-22)23(21(2)24(20-30)27(33)35)19-25-28(36)34(29(38)39-25)13-9-18-37-3/h6-8,10-11,19H,4-5,9,12-18H2,1-3H3/b25-19+. The van der Waals surface area contributed by atoms with Gasteiger partial charge < -0.3 is 14.5 Å². The number of aromatic nitrogens is 1. The van der Waals surface area contributed by atoms with Gasteiger partial charge in [0, 0.05) is 64.2 Å². The van der Waals surface area contributed by atoms with E-state index < -0.39 is 0 Å². The Bertz CT molecular complexity index is 1340. The molecule has 2 aliphatic heterocycles. The van der Waals surface area contributed by atoms with Crippen molar-refractivity contribution in [2.75, 3.05) is 56.2 Å². The number of pyridine rings is 1. The highest BCUT2D eigenvalue weighted by molar-refractivity contribution is 8.26. The molecule has 0 aliphatic carbocycles. The van der Waals surface area contributed by atoms with Crippen molar-refractivity contribution in [1.82, 2.24) is 9.47 Å². The number of unbranched alkanes of at least 4 members (excludes halogenated alkanes) is 1. The molecule has 0 spiro atoms. The number of amides is 1. The van der Waals surface area contributed by atoms with Crippen molar-refractivity contribution in [3.63, 3.8) is 0 Å². The lowest BCUT2D eigenvalue weighted by atomic mass is 10.0. The number of rotatable bonds is 10. The normalized spacial score (nSPS) is 16.9. The summed E-state index contributed by atoms with van der Waals surface area (Å²) < 4.78 is 7.40. The highest BCUT2D eigenvalue weighted by Crippen LogP contribution is 2.36. The number of para-hydroxylation sites is 1. The maximum absolute atomic E-state index is 13.6. The molecule has 0 saturated carbocycles. The zero-order valence-electron chi connectivity index (χ0n) is 22.8. The highest BCUT2D eigenvalue weighted by Gasteiger charge is 2.33. The molecule has 8 nitrogen and oxygen atoms in total. The third kappa shape index (κ3) is 6.21. The average Bonchev–Trinajstić information content (AvgIpc) is 3.22. The summed E-state index contributed by atoms with van der Waals surface area (Å²) in [6.07, 6.45) is 4.25. The van der Waals surface area contributed by atoms with Gasteiger partial charge in [0.25, 0.3) is 11.5 Å². The molecule has 1 aromatic carbocycles. The average molecular weight is 566 g/mol. The number of anilines is 2. The van der Waals surface area contributed by atoms with E-state index in [-0.39, 0.29) is 17.0 Å². The van der Waals surface area contributed by atoms with Crippen LogP contribution in [0.2, 0.25) is 0 Å². The predicted molar refractivity (Wildman–Crippen MR) is 162 cm³/mol. The minimum atomic E-state index is -0.270. The number of nitrogens with zero attached hydrogens (tertiary/aromatic N) is 5. The number of benzene rings is 1. The molecule has 1 amide bonds. The van der Waals surface area contributed by atoms with Gasteiger partial charge in [0.05, 0.1) is 4.91 Å². The Kier molecular flexibility index (Phi) is 9.83. The van der Waals surface area contributed by atoms with Crippen LogP contribution in [0.15, 0.2) is 40.0 Å². The van der Waals surface area contributed by atoms with Crippen LogP contribution >= 0.6 is 24.0 Å². The van der Waals surface area contributed by atoms with Crippen LogP contribution < -0.4 is 15.4 Å². The molecule has 2 saturated heterocycles. The van der Waals surface area contributed by atoms with Crippen LogP contribution in [0.5, 0.6) is 0 Å². The molecule has 206 valence electrons. The van der Waals surface area contributed by atoms with Crippen LogP contribution in [0.25, 0.3) is 6.08 Å². The molecule has 1 aromatic heterocycles. The van der Waals surface area contributed by atoms with E-state index in [1.165, 1.54) is 17.4 Å². The number of thioether (sulfide) groups is 1. The van der Waals surface area contributed by atoms with Gasteiger partial charge in [0.2, 0.25) is 0 Å². The summed E-state index contributed by atoms with van der Waals surface area (Å²) in [4.78, 5) is 33.6. The molecule has 0 unspecified atom stereocenters. The molecule has 2 aromatic rings. The Hall–Kier alpha value is -3.13. The zero-order valence-corrected chi connectivity index (χ0v) is 24.4. The van der Waals surface area contributed by atoms with Crippen molar-refractivity contribution < 1.29 is 9.53 Å². The summed E-state index contributed by atoms with van der Waals surface area (Å²) in [6, 6.07) is 12.4. The van der Waals surface area contributed by atoms with Gasteiger partial charge in [-0.05, 0) is 43.5 Å². The van der Waals surface area contributed by atoms with Gasteiger partial charge in [0.15, 0.2) is 0 Å². The third-order valence-electron chi connectivity index (χ3n) is 7.16. The van der Waals surface area contributed by atoms with Crippen LogP contribution in [-0.2, 0) is 16.1 Å². The first-order valence-corrected chi connectivity index (χ1v) is 14.6. The van der Waals surface area contributed by atoms with Crippen molar-refractivity contribution in [2.45, 2.75) is 39.7 Å². The Morgan fingerprint density at radius 2 is 1.77 bits per heavy atom. The minimum Gasteiger partial charge on any atom is -0.385 e. The number of hydrogen-bond acceptors (Lipinski definition) is 8. The van der Waals surface area contributed by atoms with Crippen molar-refractivity contribution >= 4 is 51.8 Å².